The molecule has 2 aromatic carbocycles. The van der Waals surface area contributed by atoms with E-state index < -0.39 is 17.4 Å². The molecular weight excluding hydrogens is 411 g/mol. The van der Waals surface area contributed by atoms with Crippen LogP contribution in [0.4, 0.5) is 13.2 Å². The van der Waals surface area contributed by atoms with Gasteiger partial charge in [-0.15, -0.1) is 0 Å². The highest BCUT2D eigenvalue weighted by Gasteiger charge is 2.31. The highest BCUT2D eigenvalue weighted by molar-refractivity contribution is 5.98. The van der Waals surface area contributed by atoms with Gasteiger partial charge < -0.3 is 4.84 Å². The summed E-state index contributed by atoms with van der Waals surface area (Å²) < 4.78 is 41.2. The van der Waals surface area contributed by atoms with Crippen LogP contribution in [-0.4, -0.2) is 25.5 Å². The number of rotatable bonds is 6. The van der Waals surface area contributed by atoms with Crippen LogP contribution in [0.5, 0.6) is 0 Å². The molecule has 3 aromatic rings. The molecule has 1 aromatic heterocycles. The van der Waals surface area contributed by atoms with Gasteiger partial charge in [0.15, 0.2) is 0 Å². The lowest BCUT2D eigenvalue weighted by Crippen LogP contribution is -2.23. The van der Waals surface area contributed by atoms with Gasteiger partial charge in [-0.2, -0.15) is 22.5 Å². The van der Waals surface area contributed by atoms with E-state index in [1.54, 1.807) is 19.1 Å². The van der Waals surface area contributed by atoms with Crippen LogP contribution in [0, 0.1) is 0 Å². The van der Waals surface area contributed by atoms with Gasteiger partial charge in [0.2, 0.25) is 0 Å². The molecule has 1 saturated carbocycles. The highest BCUT2D eigenvalue weighted by Crippen LogP contribution is 2.43. The summed E-state index contributed by atoms with van der Waals surface area (Å²) in [5.74, 6) is 0.375. The molecule has 0 radical (unpaired) electrons. The van der Waals surface area contributed by atoms with E-state index in [-0.39, 0.29) is 6.61 Å². The second-order valence-corrected chi connectivity index (χ2v) is 7.44. The molecule has 1 aliphatic carbocycles. The maximum absolute atomic E-state index is 13.0. The van der Waals surface area contributed by atoms with E-state index in [1.807, 2.05) is 12.1 Å². The standard InChI is InChI=1S/C21H20F3N5O2/c1-13(15-5-3-6-16(11-15)21(22,23)24)25-31-12-18-17(14-9-10-14)7-4-8-19(18)29-20(30)28(2)26-27-29/h3-8,11,14H,9-10,12H2,1-2H3. The predicted octanol–water partition coefficient (Wildman–Crippen LogP) is 3.80. The molecule has 0 amide bonds. The summed E-state index contributed by atoms with van der Waals surface area (Å²) in [5.41, 5.74) is 1.84. The molecule has 1 fully saturated rings. The van der Waals surface area contributed by atoms with Gasteiger partial charge >= 0.3 is 11.9 Å². The fourth-order valence-electron chi connectivity index (χ4n) is 3.36. The average Bonchev–Trinajstić information content (AvgIpc) is 3.53. The van der Waals surface area contributed by atoms with Crippen molar-refractivity contribution >= 4 is 5.71 Å². The summed E-state index contributed by atoms with van der Waals surface area (Å²) in [6.07, 6.45) is -2.35. The Hall–Kier alpha value is -3.43. The van der Waals surface area contributed by atoms with Crippen molar-refractivity contribution in [3.05, 3.63) is 75.2 Å². The van der Waals surface area contributed by atoms with Crippen LogP contribution in [0.1, 0.15) is 47.9 Å². The van der Waals surface area contributed by atoms with E-state index in [0.29, 0.717) is 22.9 Å². The van der Waals surface area contributed by atoms with Crippen molar-refractivity contribution < 1.29 is 18.0 Å². The number of tetrazole rings is 1. The first-order chi connectivity index (χ1) is 14.8. The summed E-state index contributed by atoms with van der Waals surface area (Å²) in [7, 11) is 1.51. The monoisotopic (exact) mass is 431 g/mol. The topological polar surface area (TPSA) is 74.3 Å². The first-order valence-corrected chi connectivity index (χ1v) is 9.71. The molecule has 7 nitrogen and oxygen atoms in total. The molecule has 0 aliphatic heterocycles. The van der Waals surface area contributed by atoms with Crippen LogP contribution in [0.15, 0.2) is 52.4 Å². The first kappa shape index (κ1) is 20.8. The third kappa shape index (κ3) is 4.37. The molecule has 0 unspecified atom stereocenters. The highest BCUT2D eigenvalue weighted by atomic mass is 19.4. The van der Waals surface area contributed by atoms with E-state index >= 15 is 0 Å². The van der Waals surface area contributed by atoms with Crippen molar-refractivity contribution in [3.63, 3.8) is 0 Å². The number of benzene rings is 2. The van der Waals surface area contributed by atoms with Gasteiger partial charge in [-0.3, -0.25) is 0 Å². The Morgan fingerprint density at radius 2 is 1.94 bits per heavy atom. The Bertz CT molecular complexity index is 1190. The SMILES string of the molecule is CC(=NOCc1c(C2CC2)cccc1-n1nnn(C)c1=O)c1cccc(C(F)(F)F)c1. The lowest BCUT2D eigenvalue weighted by atomic mass is 10.0. The smallest absolute Gasteiger partial charge is 0.391 e. The zero-order valence-electron chi connectivity index (χ0n) is 16.9. The number of halogens is 3. The Labute approximate surface area is 175 Å². The van der Waals surface area contributed by atoms with Gasteiger partial charge in [-0.1, -0.05) is 29.4 Å². The van der Waals surface area contributed by atoms with Crippen molar-refractivity contribution in [1.29, 1.82) is 0 Å². The molecule has 0 spiro atoms. The lowest BCUT2D eigenvalue weighted by Gasteiger charge is -2.13. The molecule has 10 heteroatoms. The van der Waals surface area contributed by atoms with Gasteiger partial charge in [0, 0.05) is 12.6 Å². The minimum Gasteiger partial charge on any atom is -0.391 e. The van der Waals surface area contributed by atoms with Crippen molar-refractivity contribution in [3.8, 4) is 5.69 Å². The Kier molecular flexibility index (Phi) is 5.38. The van der Waals surface area contributed by atoms with Gasteiger partial charge in [0.1, 0.15) is 6.61 Å². The zero-order chi connectivity index (χ0) is 22.2. The summed E-state index contributed by atoms with van der Waals surface area (Å²) in [5, 5.41) is 11.7. The molecule has 162 valence electrons. The van der Waals surface area contributed by atoms with Crippen molar-refractivity contribution in [2.75, 3.05) is 0 Å². The van der Waals surface area contributed by atoms with Crippen LogP contribution in [0.3, 0.4) is 0 Å². The predicted molar refractivity (Wildman–Crippen MR) is 107 cm³/mol. The van der Waals surface area contributed by atoms with Crippen LogP contribution >= 0.6 is 0 Å². The summed E-state index contributed by atoms with van der Waals surface area (Å²) in [6.45, 7) is 1.62. The van der Waals surface area contributed by atoms with E-state index in [0.717, 1.165) is 40.8 Å². The number of aromatic nitrogens is 4. The minimum absolute atomic E-state index is 0.0430. The molecule has 0 saturated heterocycles. The summed E-state index contributed by atoms with van der Waals surface area (Å²) >= 11 is 0. The van der Waals surface area contributed by atoms with Crippen molar-refractivity contribution in [1.82, 2.24) is 19.8 Å². The number of aryl methyl sites for hydroxylation is 1. The molecule has 0 atom stereocenters. The molecule has 1 heterocycles. The van der Waals surface area contributed by atoms with Crippen LogP contribution < -0.4 is 5.69 Å². The Morgan fingerprint density at radius 1 is 1.19 bits per heavy atom. The Balaban J connectivity index is 1.61. The minimum atomic E-state index is -4.43. The van der Waals surface area contributed by atoms with Crippen LogP contribution in [-0.2, 0) is 24.7 Å². The number of hydrogen-bond acceptors (Lipinski definition) is 5. The van der Waals surface area contributed by atoms with Crippen molar-refractivity contribution in [2.45, 2.75) is 38.5 Å². The zero-order valence-corrected chi connectivity index (χ0v) is 16.9. The largest absolute Gasteiger partial charge is 0.416 e. The fourth-order valence-corrected chi connectivity index (χ4v) is 3.36. The molecule has 0 bridgehead atoms. The van der Waals surface area contributed by atoms with Gasteiger partial charge in [-0.25, -0.2) is 4.79 Å². The molecular formula is C21H20F3N5O2. The lowest BCUT2D eigenvalue weighted by molar-refractivity contribution is -0.137. The van der Waals surface area contributed by atoms with Gasteiger partial charge in [0.05, 0.1) is 17.0 Å². The molecule has 1 aliphatic rings. The maximum Gasteiger partial charge on any atom is 0.416 e. The molecule has 0 N–H and O–H groups in total. The number of oxime groups is 1. The van der Waals surface area contributed by atoms with Crippen LogP contribution in [0.2, 0.25) is 0 Å². The number of hydrogen-bond donors (Lipinski definition) is 0. The van der Waals surface area contributed by atoms with E-state index in [1.165, 1.54) is 17.8 Å². The van der Waals surface area contributed by atoms with Crippen LogP contribution in [0.25, 0.3) is 5.69 Å². The number of nitrogens with zero attached hydrogens (tertiary/aromatic N) is 5. The van der Waals surface area contributed by atoms with E-state index in [9.17, 15) is 18.0 Å². The first-order valence-electron chi connectivity index (χ1n) is 9.71. The molecule has 31 heavy (non-hydrogen) atoms. The second kappa shape index (κ2) is 8.01. The average molecular weight is 431 g/mol. The van der Waals surface area contributed by atoms with Crippen molar-refractivity contribution in [2.24, 2.45) is 12.2 Å². The van der Waals surface area contributed by atoms with E-state index in [2.05, 4.69) is 15.6 Å². The normalized spacial score (nSPS) is 14.7. The second-order valence-electron chi connectivity index (χ2n) is 7.44. The molecule has 4 rings (SSSR count). The number of alkyl halides is 3. The third-order valence-electron chi connectivity index (χ3n) is 5.17. The quantitative estimate of drug-likeness (QED) is 0.440. The fraction of sp³-hybridized carbons (Fsp3) is 0.333. The maximum atomic E-state index is 13.0. The van der Waals surface area contributed by atoms with Gasteiger partial charge in [-0.05, 0) is 65.4 Å². The Morgan fingerprint density at radius 3 is 2.58 bits per heavy atom. The van der Waals surface area contributed by atoms with Gasteiger partial charge in [0.25, 0.3) is 0 Å². The summed E-state index contributed by atoms with van der Waals surface area (Å²) in [6, 6.07) is 10.5. The third-order valence-corrected chi connectivity index (χ3v) is 5.17. The van der Waals surface area contributed by atoms with E-state index in [4.69, 9.17) is 4.84 Å². The summed E-state index contributed by atoms with van der Waals surface area (Å²) in [4.78, 5) is 17.9.